The lowest BCUT2D eigenvalue weighted by Crippen LogP contribution is -2.09. The maximum atomic E-state index is 6.54. The number of hydrogen-bond donors (Lipinski definition) is 0. The number of aromatic nitrogens is 1. The van der Waals surface area contributed by atoms with Crippen LogP contribution in [-0.4, -0.2) is 4.98 Å². The number of thiophene rings is 1. The highest BCUT2D eigenvalue weighted by Gasteiger charge is 2.18. The Balaban J connectivity index is 1.18. The van der Waals surface area contributed by atoms with E-state index in [2.05, 4.69) is 144 Å². The summed E-state index contributed by atoms with van der Waals surface area (Å²) in [4.78, 5) is 7.25. The summed E-state index contributed by atoms with van der Waals surface area (Å²) in [7, 11) is 0. The highest BCUT2D eigenvalue weighted by atomic mass is 32.1. The summed E-state index contributed by atoms with van der Waals surface area (Å²) >= 11 is 1.85. The molecule has 0 aliphatic carbocycles. The van der Waals surface area contributed by atoms with Crippen molar-refractivity contribution in [1.82, 2.24) is 4.98 Å². The molecular formula is C45H28N2OS. The minimum Gasteiger partial charge on any atom is -0.435 e. The predicted octanol–water partition coefficient (Wildman–Crippen LogP) is 13.3. The van der Waals surface area contributed by atoms with Gasteiger partial charge in [0.15, 0.2) is 5.58 Å². The monoisotopic (exact) mass is 644 g/mol. The minimum absolute atomic E-state index is 0.633. The van der Waals surface area contributed by atoms with E-state index in [0.717, 1.165) is 55.3 Å². The van der Waals surface area contributed by atoms with Crippen molar-refractivity contribution >= 4 is 81.2 Å². The zero-order valence-corrected chi connectivity index (χ0v) is 27.2. The first-order valence-corrected chi connectivity index (χ1v) is 17.3. The molecule has 0 radical (unpaired) electrons. The summed E-state index contributed by atoms with van der Waals surface area (Å²) in [6.45, 7) is 0. The quantitative estimate of drug-likeness (QED) is 0.175. The van der Waals surface area contributed by atoms with Gasteiger partial charge >= 0.3 is 0 Å². The van der Waals surface area contributed by atoms with Gasteiger partial charge in [-0.3, -0.25) is 0 Å². The van der Waals surface area contributed by atoms with Crippen LogP contribution in [0.3, 0.4) is 0 Å². The lowest BCUT2D eigenvalue weighted by atomic mass is 10.00. The normalized spacial score (nSPS) is 11.7. The van der Waals surface area contributed by atoms with Crippen molar-refractivity contribution in [2.75, 3.05) is 4.90 Å². The van der Waals surface area contributed by atoms with E-state index in [4.69, 9.17) is 9.40 Å². The summed E-state index contributed by atoms with van der Waals surface area (Å²) in [6, 6.07) is 60.4. The van der Waals surface area contributed by atoms with Gasteiger partial charge in [0.25, 0.3) is 0 Å². The van der Waals surface area contributed by atoms with Crippen molar-refractivity contribution in [3.8, 4) is 22.6 Å². The zero-order chi connectivity index (χ0) is 32.3. The number of fused-ring (bicyclic) bond motifs is 8. The van der Waals surface area contributed by atoms with Crippen LogP contribution in [0.5, 0.6) is 0 Å². The van der Waals surface area contributed by atoms with Gasteiger partial charge in [0.2, 0.25) is 5.89 Å². The van der Waals surface area contributed by atoms with Crippen LogP contribution in [0.2, 0.25) is 0 Å². The molecule has 0 N–H and O–H groups in total. The minimum atomic E-state index is 0.633. The molecule has 0 spiro atoms. The van der Waals surface area contributed by atoms with Crippen molar-refractivity contribution in [3.63, 3.8) is 0 Å². The highest BCUT2D eigenvalue weighted by molar-refractivity contribution is 7.25. The van der Waals surface area contributed by atoms with Gasteiger partial charge in [-0.25, -0.2) is 4.98 Å². The third-order valence-electron chi connectivity index (χ3n) is 9.45. The second kappa shape index (κ2) is 11.2. The van der Waals surface area contributed by atoms with Gasteiger partial charge < -0.3 is 9.32 Å². The molecule has 4 heteroatoms. The first-order chi connectivity index (χ1) is 24.3. The van der Waals surface area contributed by atoms with Gasteiger partial charge in [-0.15, -0.1) is 11.3 Å². The van der Waals surface area contributed by atoms with Crippen LogP contribution in [0.4, 0.5) is 17.1 Å². The van der Waals surface area contributed by atoms with Crippen LogP contribution < -0.4 is 4.90 Å². The standard InChI is InChI=1S/C45H28N2OS/c1-4-10-29(11-5-1)33-20-24-41-38(26-33)39-28-36(22-25-42(39)49-41)47(34-14-8-3-9-15-34)35-21-18-30-16-17-31-19-23-40-44(43(31)37(30)27-35)48-45(46-40)32-12-6-2-7-13-32/h1-28H. The maximum Gasteiger partial charge on any atom is 0.227 e. The predicted molar refractivity (Wildman–Crippen MR) is 207 cm³/mol. The molecule has 0 atom stereocenters. The molecule has 0 fully saturated rings. The topological polar surface area (TPSA) is 29.3 Å². The Kier molecular flexibility index (Phi) is 6.36. The van der Waals surface area contributed by atoms with Gasteiger partial charge in [-0.2, -0.15) is 0 Å². The number of rotatable bonds is 5. The lowest BCUT2D eigenvalue weighted by molar-refractivity contribution is 0.623. The maximum absolute atomic E-state index is 6.54. The van der Waals surface area contributed by atoms with Crippen molar-refractivity contribution in [1.29, 1.82) is 0 Å². The molecule has 230 valence electrons. The number of para-hydroxylation sites is 1. The number of nitrogens with zero attached hydrogens (tertiary/aromatic N) is 2. The Morgan fingerprint density at radius 2 is 1.04 bits per heavy atom. The van der Waals surface area contributed by atoms with E-state index in [9.17, 15) is 0 Å². The van der Waals surface area contributed by atoms with Crippen LogP contribution in [0, 0.1) is 0 Å². The molecule has 2 aromatic heterocycles. The summed E-state index contributed by atoms with van der Waals surface area (Å²) in [5.74, 6) is 0.633. The molecule has 10 rings (SSSR count). The molecule has 0 aliphatic heterocycles. The van der Waals surface area contributed by atoms with Gasteiger partial charge in [0.1, 0.15) is 5.52 Å². The van der Waals surface area contributed by atoms with Gasteiger partial charge in [-0.05, 0) is 100 Å². The van der Waals surface area contributed by atoms with E-state index in [1.165, 1.54) is 31.3 Å². The Labute approximate surface area is 286 Å². The van der Waals surface area contributed by atoms with Crippen LogP contribution in [0.1, 0.15) is 0 Å². The summed E-state index contributed by atoms with van der Waals surface area (Å²) in [5.41, 5.74) is 8.38. The van der Waals surface area contributed by atoms with E-state index < -0.39 is 0 Å². The molecule has 0 amide bonds. The van der Waals surface area contributed by atoms with Gasteiger partial charge in [0.05, 0.1) is 0 Å². The van der Waals surface area contributed by atoms with Gasteiger partial charge in [-0.1, -0.05) is 97.1 Å². The number of oxazole rings is 1. The Bertz CT molecular complexity index is 2820. The number of benzene rings is 8. The fourth-order valence-corrected chi connectivity index (χ4v) is 8.16. The second-order valence-corrected chi connectivity index (χ2v) is 13.5. The van der Waals surface area contributed by atoms with Crippen LogP contribution in [0.25, 0.3) is 75.4 Å². The largest absolute Gasteiger partial charge is 0.435 e. The van der Waals surface area contributed by atoms with Crippen LogP contribution in [-0.2, 0) is 0 Å². The number of hydrogen-bond acceptors (Lipinski definition) is 4. The molecule has 0 unspecified atom stereocenters. The molecule has 0 saturated carbocycles. The molecule has 3 nitrogen and oxygen atoms in total. The van der Waals surface area contributed by atoms with Crippen molar-refractivity contribution in [2.24, 2.45) is 0 Å². The Morgan fingerprint density at radius 3 is 1.82 bits per heavy atom. The molecule has 0 aliphatic rings. The van der Waals surface area contributed by atoms with Crippen molar-refractivity contribution < 1.29 is 4.42 Å². The van der Waals surface area contributed by atoms with Gasteiger partial charge in [0, 0.05) is 48.2 Å². The van der Waals surface area contributed by atoms with Crippen molar-refractivity contribution in [2.45, 2.75) is 0 Å². The average molecular weight is 645 g/mol. The molecular weight excluding hydrogens is 617 g/mol. The molecule has 10 aromatic rings. The third-order valence-corrected chi connectivity index (χ3v) is 10.6. The van der Waals surface area contributed by atoms with E-state index in [-0.39, 0.29) is 0 Å². The lowest BCUT2D eigenvalue weighted by Gasteiger charge is -2.26. The summed E-state index contributed by atoms with van der Waals surface area (Å²) < 4.78 is 9.12. The Hall–Kier alpha value is -6.23. The Morgan fingerprint density at radius 1 is 0.449 bits per heavy atom. The average Bonchev–Trinajstić information content (AvgIpc) is 3.77. The third kappa shape index (κ3) is 4.68. The van der Waals surface area contributed by atoms with Crippen LogP contribution >= 0.6 is 11.3 Å². The van der Waals surface area contributed by atoms with Crippen molar-refractivity contribution in [3.05, 3.63) is 170 Å². The molecule has 8 aromatic carbocycles. The first-order valence-electron chi connectivity index (χ1n) is 16.5. The highest BCUT2D eigenvalue weighted by Crippen LogP contribution is 2.43. The zero-order valence-electron chi connectivity index (χ0n) is 26.4. The fraction of sp³-hybridized carbons (Fsp3) is 0. The van der Waals surface area contributed by atoms with E-state index in [1.54, 1.807) is 0 Å². The van der Waals surface area contributed by atoms with Crippen LogP contribution in [0.15, 0.2) is 174 Å². The number of anilines is 3. The SMILES string of the molecule is c1ccc(-c2ccc3sc4ccc(N(c5ccccc5)c5ccc6ccc7ccc8nc(-c9ccccc9)oc8c7c6c5)cc4c3c2)cc1. The second-order valence-electron chi connectivity index (χ2n) is 12.4. The first kappa shape index (κ1) is 27.8. The smallest absolute Gasteiger partial charge is 0.227 e. The molecule has 49 heavy (non-hydrogen) atoms. The molecule has 2 heterocycles. The van der Waals surface area contributed by atoms with E-state index in [1.807, 2.05) is 41.7 Å². The molecule has 0 bridgehead atoms. The fourth-order valence-electron chi connectivity index (χ4n) is 7.09. The summed E-state index contributed by atoms with van der Waals surface area (Å²) in [5, 5.41) is 7.03. The van der Waals surface area contributed by atoms with E-state index in [0.29, 0.717) is 5.89 Å². The summed E-state index contributed by atoms with van der Waals surface area (Å²) in [6.07, 6.45) is 0. The molecule has 0 saturated heterocycles. The van der Waals surface area contributed by atoms with E-state index >= 15 is 0 Å².